The smallest absolute Gasteiger partial charge is 0.237 e. The fourth-order valence-corrected chi connectivity index (χ4v) is 1.46. The van der Waals surface area contributed by atoms with Crippen molar-refractivity contribution in [3.05, 3.63) is 44.4 Å². The van der Waals surface area contributed by atoms with Crippen molar-refractivity contribution < 1.29 is 4.92 Å². The van der Waals surface area contributed by atoms with Crippen molar-refractivity contribution in [2.45, 2.75) is 19.4 Å². The third kappa shape index (κ3) is 2.52. The molecule has 4 heteroatoms. The van der Waals surface area contributed by atoms with E-state index in [2.05, 4.69) is 15.9 Å². The molecule has 3 nitrogen and oxygen atoms in total. The summed E-state index contributed by atoms with van der Waals surface area (Å²) in [6, 6.07) is 6.62. The fraction of sp³-hybridized carbons (Fsp3) is 0.333. The van der Waals surface area contributed by atoms with Gasteiger partial charge in [0.15, 0.2) is 0 Å². The van der Waals surface area contributed by atoms with E-state index in [0.29, 0.717) is 6.42 Å². The monoisotopic (exact) mass is 243 g/mol. The summed E-state index contributed by atoms with van der Waals surface area (Å²) in [6.07, 6.45) is 0.522. The fourth-order valence-electron chi connectivity index (χ4n) is 1.19. The molecule has 0 amide bonds. The largest absolute Gasteiger partial charge is 0.264 e. The lowest BCUT2D eigenvalue weighted by atomic mass is 10.1. The molecular formula is C9H10BrNO2. The summed E-state index contributed by atoms with van der Waals surface area (Å²) >= 11 is 3.28. The highest BCUT2D eigenvalue weighted by atomic mass is 79.9. The van der Waals surface area contributed by atoms with Crippen molar-refractivity contribution in [3.8, 4) is 0 Å². The lowest BCUT2D eigenvalue weighted by molar-refractivity contribution is -0.529. The second kappa shape index (κ2) is 4.37. The minimum Gasteiger partial charge on any atom is -0.264 e. The van der Waals surface area contributed by atoms with E-state index < -0.39 is 6.04 Å². The van der Waals surface area contributed by atoms with Crippen molar-refractivity contribution in [2.24, 2.45) is 0 Å². The first kappa shape index (κ1) is 10.2. The van der Waals surface area contributed by atoms with E-state index >= 15 is 0 Å². The predicted molar refractivity (Wildman–Crippen MR) is 54.2 cm³/mol. The quantitative estimate of drug-likeness (QED) is 0.605. The number of nitrogens with zero attached hydrogens (tertiary/aromatic N) is 1. The first-order chi connectivity index (χ1) is 6.15. The van der Waals surface area contributed by atoms with Gasteiger partial charge in [0.1, 0.15) is 0 Å². The van der Waals surface area contributed by atoms with Gasteiger partial charge < -0.3 is 0 Å². The first-order valence-corrected chi connectivity index (χ1v) is 4.83. The van der Waals surface area contributed by atoms with E-state index in [1.54, 1.807) is 12.1 Å². The summed E-state index contributed by atoms with van der Waals surface area (Å²) in [5.41, 5.74) is 0.760. The van der Waals surface area contributed by atoms with Gasteiger partial charge >= 0.3 is 0 Å². The van der Waals surface area contributed by atoms with Crippen molar-refractivity contribution in [2.75, 3.05) is 0 Å². The molecular weight excluding hydrogens is 234 g/mol. The Labute approximate surface area is 85.0 Å². The summed E-state index contributed by atoms with van der Waals surface area (Å²) in [5, 5.41) is 10.6. The van der Waals surface area contributed by atoms with Gasteiger partial charge in [-0.05, 0) is 12.1 Å². The van der Waals surface area contributed by atoms with Crippen LogP contribution in [0.15, 0.2) is 28.7 Å². The van der Waals surface area contributed by atoms with Gasteiger partial charge in [-0.15, -0.1) is 0 Å². The third-order valence-corrected chi connectivity index (χ3v) is 2.42. The van der Waals surface area contributed by atoms with Crippen molar-refractivity contribution in [1.29, 1.82) is 0 Å². The molecule has 0 radical (unpaired) electrons. The van der Waals surface area contributed by atoms with Gasteiger partial charge in [0, 0.05) is 21.4 Å². The summed E-state index contributed by atoms with van der Waals surface area (Å²) < 4.78 is 0.939. The molecule has 0 spiro atoms. The lowest BCUT2D eigenvalue weighted by Crippen LogP contribution is -2.08. The molecule has 0 N–H and O–H groups in total. The van der Waals surface area contributed by atoms with Gasteiger partial charge in [0.05, 0.1) is 0 Å². The van der Waals surface area contributed by atoms with Gasteiger partial charge in [0.2, 0.25) is 6.04 Å². The average Bonchev–Trinajstić information content (AvgIpc) is 2.09. The van der Waals surface area contributed by atoms with Crippen LogP contribution in [0, 0.1) is 10.1 Å². The summed E-state index contributed by atoms with van der Waals surface area (Å²) in [6.45, 7) is 1.81. The molecule has 1 aromatic carbocycles. The molecule has 13 heavy (non-hydrogen) atoms. The van der Waals surface area contributed by atoms with Gasteiger partial charge in [-0.3, -0.25) is 10.1 Å². The molecule has 1 atom stereocenters. The highest BCUT2D eigenvalue weighted by Crippen LogP contribution is 2.21. The molecule has 0 aromatic heterocycles. The average molecular weight is 244 g/mol. The standard InChI is InChI=1S/C9H10BrNO2/c1-2-9(11(12)13)7-3-5-8(10)6-4-7/h3-6,9H,2H2,1H3. The second-order valence-corrected chi connectivity index (χ2v) is 3.68. The van der Waals surface area contributed by atoms with E-state index in [1.807, 2.05) is 19.1 Å². The Hall–Kier alpha value is -0.900. The molecule has 0 heterocycles. The molecule has 0 aliphatic carbocycles. The SMILES string of the molecule is CCC(c1ccc(Br)cc1)[N+](=O)[O-]. The van der Waals surface area contributed by atoms with Gasteiger partial charge in [-0.1, -0.05) is 35.0 Å². The van der Waals surface area contributed by atoms with Crippen LogP contribution in [0.25, 0.3) is 0 Å². The highest BCUT2D eigenvalue weighted by Gasteiger charge is 2.19. The van der Waals surface area contributed by atoms with Crippen LogP contribution in [0.2, 0.25) is 0 Å². The van der Waals surface area contributed by atoms with Crippen LogP contribution in [-0.2, 0) is 0 Å². The zero-order chi connectivity index (χ0) is 9.84. The van der Waals surface area contributed by atoms with Crippen LogP contribution >= 0.6 is 15.9 Å². The van der Waals surface area contributed by atoms with E-state index in [1.165, 1.54) is 0 Å². The van der Waals surface area contributed by atoms with Gasteiger partial charge in [-0.25, -0.2) is 0 Å². The maximum atomic E-state index is 10.6. The molecule has 1 rings (SSSR count). The molecule has 0 saturated carbocycles. The van der Waals surface area contributed by atoms with E-state index in [-0.39, 0.29) is 4.92 Å². The van der Waals surface area contributed by atoms with Crippen LogP contribution in [0.1, 0.15) is 24.9 Å². The lowest BCUT2D eigenvalue weighted by Gasteiger charge is -2.06. The maximum absolute atomic E-state index is 10.6. The Kier molecular flexibility index (Phi) is 3.42. The molecule has 0 aliphatic rings. The number of hydrogen-bond donors (Lipinski definition) is 0. The molecule has 0 bridgehead atoms. The number of nitro groups is 1. The van der Waals surface area contributed by atoms with Crippen LogP contribution in [0.3, 0.4) is 0 Å². The normalized spacial score (nSPS) is 12.5. The maximum Gasteiger partial charge on any atom is 0.237 e. The van der Waals surface area contributed by atoms with Crippen LogP contribution in [0.4, 0.5) is 0 Å². The van der Waals surface area contributed by atoms with Gasteiger partial charge in [-0.2, -0.15) is 0 Å². The van der Waals surface area contributed by atoms with Crippen LogP contribution < -0.4 is 0 Å². The summed E-state index contributed by atoms with van der Waals surface area (Å²) in [5.74, 6) is 0. The zero-order valence-corrected chi connectivity index (χ0v) is 8.82. The minimum absolute atomic E-state index is 0.247. The van der Waals surface area contributed by atoms with Crippen molar-refractivity contribution >= 4 is 15.9 Å². The van der Waals surface area contributed by atoms with Crippen LogP contribution in [0.5, 0.6) is 0 Å². The number of halogens is 1. The van der Waals surface area contributed by atoms with Gasteiger partial charge in [0.25, 0.3) is 0 Å². The summed E-state index contributed by atoms with van der Waals surface area (Å²) in [7, 11) is 0. The van der Waals surface area contributed by atoms with E-state index in [4.69, 9.17) is 0 Å². The number of rotatable bonds is 3. The Morgan fingerprint density at radius 3 is 2.38 bits per heavy atom. The molecule has 1 aromatic rings. The van der Waals surface area contributed by atoms with Crippen LogP contribution in [-0.4, -0.2) is 4.92 Å². The first-order valence-electron chi connectivity index (χ1n) is 4.04. The predicted octanol–water partition coefficient (Wildman–Crippen LogP) is 3.18. The zero-order valence-electron chi connectivity index (χ0n) is 7.24. The molecule has 0 aliphatic heterocycles. The molecule has 70 valence electrons. The molecule has 0 fully saturated rings. The Balaban J connectivity index is 2.92. The molecule has 0 saturated heterocycles. The Morgan fingerprint density at radius 1 is 1.46 bits per heavy atom. The van der Waals surface area contributed by atoms with Crippen molar-refractivity contribution in [3.63, 3.8) is 0 Å². The van der Waals surface area contributed by atoms with E-state index in [0.717, 1.165) is 10.0 Å². The highest BCUT2D eigenvalue weighted by molar-refractivity contribution is 9.10. The topological polar surface area (TPSA) is 43.1 Å². The molecule has 1 unspecified atom stereocenters. The van der Waals surface area contributed by atoms with Crippen molar-refractivity contribution in [1.82, 2.24) is 0 Å². The third-order valence-electron chi connectivity index (χ3n) is 1.90. The minimum atomic E-state index is -0.576. The van der Waals surface area contributed by atoms with E-state index in [9.17, 15) is 10.1 Å². The Bertz CT molecular complexity index is 297. The number of hydrogen-bond acceptors (Lipinski definition) is 2. The number of benzene rings is 1. The Morgan fingerprint density at radius 2 is 2.00 bits per heavy atom. The summed E-state index contributed by atoms with van der Waals surface area (Å²) in [4.78, 5) is 10.4. The second-order valence-electron chi connectivity index (χ2n) is 2.76.